The summed E-state index contributed by atoms with van der Waals surface area (Å²) in [6.45, 7) is 3.85. The van der Waals surface area contributed by atoms with E-state index in [1.807, 2.05) is 30.3 Å². The van der Waals surface area contributed by atoms with Crippen molar-refractivity contribution in [1.82, 2.24) is 5.32 Å². The molecule has 140 valence electrons. The van der Waals surface area contributed by atoms with E-state index in [-0.39, 0.29) is 5.91 Å². The Morgan fingerprint density at radius 1 is 1.04 bits per heavy atom. The Morgan fingerprint density at radius 2 is 1.85 bits per heavy atom. The Labute approximate surface area is 158 Å². The van der Waals surface area contributed by atoms with Crippen LogP contribution in [-0.2, 0) is 24.1 Å². The standard InChI is InChI=1S/C22H23NO4/c1-2-15-3-5-18-17(14-27-20(18)11-15)13-22(24)23-8-7-16-4-6-19-21(12-16)26-10-9-25-19/h3-6,11-12,14H,2,7-10,13H2,1H3,(H,23,24). The van der Waals surface area contributed by atoms with Crippen molar-refractivity contribution in [3.8, 4) is 11.5 Å². The van der Waals surface area contributed by atoms with Gasteiger partial charge in [0, 0.05) is 17.5 Å². The molecule has 27 heavy (non-hydrogen) atoms. The second kappa shape index (κ2) is 7.74. The summed E-state index contributed by atoms with van der Waals surface area (Å²) in [6, 6.07) is 12.1. The highest BCUT2D eigenvalue weighted by Crippen LogP contribution is 2.30. The number of furan rings is 1. The maximum Gasteiger partial charge on any atom is 0.224 e. The quantitative estimate of drug-likeness (QED) is 0.724. The minimum Gasteiger partial charge on any atom is -0.486 e. The minimum absolute atomic E-state index is 0.00480. The van der Waals surface area contributed by atoms with Gasteiger partial charge in [0.2, 0.25) is 5.91 Å². The maximum absolute atomic E-state index is 12.3. The fourth-order valence-electron chi connectivity index (χ4n) is 3.31. The molecule has 5 heteroatoms. The Kier molecular flexibility index (Phi) is 5.01. The van der Waals surface area contributed by atoms with Gasteiger partial charge < -0.3 is 19.2 Å². The highest BCUT2D eigenvalue weighted by Gasteiger charge is 2.13. The number of carbonyl (C=O) groups is 1. The van der Waals surface area contributed by atoms with Crippen molar-refractivity contribution in [2.45, 2.75) is 26.2 Å². The maximum atomic E-state index is 12.3. The van der Waals surface area contributed by atoms with Crippen LogP contribution in [0.1, 0.15) is 23.6 Å². The Bertz CT molecular complexity index is 960. The number of hydrogen-bond donors (Lipinski definition) is 1. The zero-order valence-electron chi connectivity index (χ0n) is 15.4. The zero-order chi connectivity index (χ0) is 18.6. The average molecular weight is 365 g/mol. The van der Waals surface area contributed by atoms with Crippen LogP contribution in [0.3, 0.4) is 0 Å². The molecule has 0 spiro atoms. The number of amides is 1. The highest BCUT2D eigenvalue weighted by molar-refractivity contribution is 5.87. The molecule has 0 bridgehead atoms. The van der Waals surface area contributed by atoms with E-state index in [4.69, 9.17) is 13.9 Å². The van der Waals surface area contributed by atoms with Crippen LogP contribution < -0.4 is 14.8 Å². The van der Waals surface area contributed by atoms with Crippen molar-refractivity contribution in [1.29, 1.82) is 0 Å². The molecule has 1 N–H and O–H groups in total. The van der Waals surface area contributed by atoms with E-state index >= 15 is 0 Å². The van der Waals surface area contributed by atoms with Crippen LogP contribution in [-0.4, -0.2) is 25.7 Å². The molecule has 0 saturated carbocycles. The fourth-order valence-corrected chi connectivity index (χ4v) is 3.31. The van der Waals surface area contributed by atoms with Crippen molar-refractivity contribution in [3.63, 3.8) is 0 Å². The van der Waals surface area contributed by atoms with E-state index in [9.17, 15) is 4.79 Å². The van der Waals surface area contributed by atoms with Crippen molar-refractivity contribution in [3.05, 3.63) is 59.4 Å². The molecule has 4 rings (SSSR count). The van der Waals surface area contributed by atoms with Gasteiger partial charge in [-0.25, -0.2) is 0 Å². The highest BCUT2D eigenvalue weighted by atomic mass is 16.6. The molecule has 1 amide bonds. The van der Waals surface area contributed by atoms with E-state index in [0.29, 0.717) is 26.2 Å². The van der Waals surface area contributed by atoms with Gasteiger partial charge in [0.25, 0.3) is 0 Å². The predicted molar refractivity (Wildman–Crippen MR) is 103 cm³/mol. The van der Waals surface area contributed by atoms with Crippen LogP contribution >= 0.6 is 0 Å². The smallest absolute Gasteiger partial charge is 0.224 e. The molecular weight excluding hydrogens is 342 g/mol. The molecule has 5 nitrogen and oxygen atoms in total. The van der Waals surface area contributed by atoms with E-state index < -0.39 is 0 Å². The third-order valence-corrected chi connectivity index (χ3v) is 4.82. The second-order valence-electron chi connectivity index (χ2n) is 6.70. The van der Waals surface area contributed by atoms with Gasteiger partial charge in [-0.3, -0.25) is 4.79 Å². The molecular formula is C22H23NO4. The van der Waals surface area contributed by atoms with Crippen molar-refractivity contribution in [2.24, 2.45) is 0 Å². The molecule has 0 aliphatic carbocycles. The van der Waals surface area contributed by atoms with E-state index in [1.165, 1.54) is 5.56 Å². The summed E-state index contributed by atoms with van der Waals surface area (Å²) < 4.78 is 16.7. The number of fused-ring (bicyclic) bond motifs is 2. The lowest BCUT2D eigenvalue weighted by atomic mass is 10.1. The molecule has 3 aromatic rings. The Morgan fingerprint density at radius 3 is 2.70 bits per heavy atom. The largest absolute Gasteiger partial charge is 0.486 e. The molecule has 0 saturated heterocycles. The number of rotatable bonds is 6. The van der Waals surface area contributed by atoms with E-state index in [2.05, 4.69) is 18.3 Å². The molecule has 0 radical (unpaired) electrons. The lowest BCUT2D eigenvalue weighted by Gasteiger charge is -2.18. The van der Waals surface area contributed by atoms with Crippen LogP contribution in [0.15, 0.2) is 47.1 Å². The monoisotopic (exact) mass is 365 g/mol. The normalized spacial score (nSPS) is 12.9. The third kappa shape index (κ3) is 3.92. The lowest BCUT2D eigenvalue weighted by Crippen LogP contribution is -2.27. The first-order chi connectivity index (χ1) is 13.2. The summed E-state index contributed by atoms with van der Waals surface area (Å²) in [6.07, 6.45) is 3.71. The van der Waals surface area contributed by atoms with Crippen molar-refractivity contribution < 1.29 is 18.7 Å². The summed E-state index contributed by atoms with van der Waals surface area (Å²) in [7, 11) is 0. The molecule has 2 heterocycles. The fraction of sp³-hybridized carbons (Fsp3) is 0.318. The summed E-state index contributed by atoms with van der Waals surface area (Å²) in [5.74, 6) is 1.56. The summed E-state index contributed by atoms with van der Waals surface area (Å²) in [5, 5.41) is 3.99. The first kappa shape index (κ1) is 17.5. The van der Waals surface area contributed by atoms with Gasteiger partial charge in [-0.15, -0.1) is 0 Å². The van der Waals surface area contributed by atoms with Gasteiger partial charge in [0.1, 0.15) is 18.8 Å². The Hall–Kier alpha value is -2.95. The van der Waals surface area contributed by atoms with Crippen LogP contribution in [0.25, 0.3) is 11.0 Å². The minimum atomic E-state index is -0.00480. The summed E-state index contributed by atoms with van der Waals surface area (Å²) in [4.78, 5) is 12.3. The first-order valence-electron chi connectivity index (χ1n) is 9.37. The van der Waals surface area contributed by atoms with Gasteiger partial charge in [0.15, 0.2) is 11.5 Å². The van der Waals surface area contributed by atoms with Crippen LogP contribution in [0.4, 0.5) is 0 Å². The van der Waals surface area contributed by atoms with Crippen LogP contribution in [0.2, 0.25) is 0 Å². The number of aryl methyl sites for hydroxylation is 1. The molecule has 2 aromatic carbocycles. The number of carbonyl (C=O) groups excluding carboxylic acids is 1. The average Bonchev–Trinajstić information content (AvgIpc) is 3.09. The number of ether oxygens (including phenoxy) is 2. The number of hydrogen-bond acceptors (Lipinski definition) is 4. The van der Waals surface area contributed by atoms with E-state index in [0.717, 1.165) is 46.4 Å². The van der Waals surface area contributed by atoms with Crippen LogP contribution in [0, 0.1) is 0 Å². The SMILES string of the molecule is CCc1ccc2c(CC(=O)NCCc3ccc4c(c3)OCCO4)coc2c1. The van der Waals surface area contributed by atoms with Gasteiger partial charge in [-0.2, -0.15) is 0 Å². The van der Waals surface area contributed by atoms with Gasteiger partial charge in [-0.05, 0) is 42.2 Å². The van der Waals surface area contributed by atoms with Crippen molar-refractivity contribution in [2.75, 3.05) is 19.8 Å². The van der Waals surface area contributed by atoms with Gasteiger partial charge in [-0.1, -0.05) is 25.1 Å². The van der Waals surface area contributed by atoms with E-state index in [1.54, 1.807) is 6.26 Å². The molecule has 0 unspecified atom stereocenters. The van der Waals surface area contributed by atoms with Gasteiger partial charge >= 0.3 is 0 Å². The molecule has 1 aromatic heterocycles. The second-order valence-corrected chi connectivity index (χ2v) is 6.70. The Balaban J connectivity index is 1.32. The molecule has 0 atom stereocenters. The molecule has 0 fully saturated rings. The summed E-state index contributed by atoms with van der Waals surface area (Å²) >= 11 is 0. The summed E-state index contributed by atoms with van der Waals surface area (Å²) in [5.41, 5.74) is 4.10. The predicted octanol–water partition coefficient (Wildman–Crippen LogP) is 3.67. The van der Waals surface area contributed by atoms with Gasteiger partial charge in [0.05, 0.1) is 12.7 Å². The number of nitrogens with one attached hydrogen (secondary N) is 1. The first-order valence-corrected chi connectivity index (χ1v) is 9.37. The van der Waals surface area contributed by atoms with Crippen LogP contribution in [0.5, 0.6) is 11.5 Å². The molecule has 1 aliphatic rings. The molecule has 1 aliphatic heterocycles. The zero-order valence-corrected chi connectivity index (χ0v) is 15.4. The number of benzene rings is 2. The topological polar surface area (TPSA) is 60.7 Å². The third-order valence-electron chi connectivity index (χ3n) is 4.82. The van der Waals surface area contributed by atoms with Crippen molar-refractivity contribution >= 4 is 16.9 Å². The lowest BCUT2D eigenvalue weighted by molar-refractivity contribution is -0.120.